The molecule has 100 valence electrons. The van der Waals surface area contributed by atoms with Crippen molar-refractivity contribution < 1.29 is 13.3 Å². The highest BCUT2D eigenvalue weighted by Gasteiger charge is 2.15. The van der Waals surface area contributed by atoms with E-state index >= 15 is 0 Å². The van der Waals surface area contributed by atoms with Crippen molar-refractivity contribution in [3.63, 3.8) is 0 Å². The fourth-order valence-corrected chi connectivity index (χ4v) is 2.35. The van der Waals surface area contributed by atoms with Gasteiger partial charge in [0.25, 0.3) is 15.7 Å². The van der Waals surface area contributed by atoms with Gasteiger partial charge in [-0.2, -0.15) is 5.10 Å². The van der Waals surface area contributed by atoms with Gasteiger partial charge in [-0.3, -0.25) is 15.2 Å². The summed E-state index contributed by atoms with van der Waals surface area (Å²) in [7, 11) is -3.69. The van der Waals surface area contributed by atoms with Crippen LogP contribution in [0.1, 0.15) is 5.56 Å². The van der Waals surface area contributed by atoms with Crippen LogP contribution >= 0.6 is 0 Å². The number of H-pyrrole nitrogens is 1. The van der Waals surface area contributed by atoms with Gasteiger partial charge >= 0.3 is 0 Å². The second-order valence-corrected chi connectivity index (χ2v) is 5.41. The summed E-state index contributed by atoms with van der Waals surface area (Å²) >= 11 is 0. The lowest BCUT2D eigenvalue weighted by Crippen LogP contribution is -2.23. The van der Waals surface area contributed by atoms with E-state index in [1.807, 2.05) is 0 Å². The number of nitro groups is 1. The molecule has 0 spiro atoms. The van der Waals surface area contributed by atoms with Crippen molar-refractivity contribution in [2.45, 2.75) is 11.6 Å². The molecule has 0 fully saturated rings. The first-order valence-electron chi connectivity index (χ1n) is 5.21. The molecule has 0 aliphatic rings. The third-order valence-corrected chi connectivity index (χ3v) is 3.68. The number of hydrogen-bond donors (Lipinski definition) is 2. The molecule has 0 saturated carbocycles. The molecular formula is C10H10N4O4S. The molecule has 0 unspecified atom stereocenters. The summed E-state index contributed by atoms with van der Waals surface area (Å²) in [5.41, 5.74) is 0.413. The van der Waals surface area contributed by atoms with Crippen molar-refractivity contribution >= 4 is 15.7 Å². The number of non-ortho nitro benzene ring substituents is 1. The maximum absolute atomic E-state index is 11.8. The van der Waals surface area contributed by atoms with E-state index < -0.39 is 14.9 Å². The van der Waals surface area contributed by atoms with Crippen LogP contribution in [0.15, 0.2) is 41.6 Å². The summed E-state index contributed by atoms with van der Waals surface area (Å²) in [6.07, 6.45) is 1.32. The number of nitrogens with one attached hydrogen (secondary N) is 2. The Bertz CT molecular complexity index is 681. The molecule has 0 radical (unpaired) electrons. The standard InChI is InChI=1S/C10H10N4O4S/c15-14(16)9-3-1-2-8(6-9)7-12-19(17,18)10-4-5-11-13-10/h1-6,12H,7H2,(H,11,13). The zero-order chi connectivity index (χ0) is 13.9. The van der Waals surface area contributed by atoms with Crippen LogP contribution in [0.3, 0.4) is 0 Å². The smallest absolute Gasteiger partial charge is 0.266 e. The van der Waals surface area contributed by atoms with Gasteiger partial charge < -0.3 is 0 Å². The second kappa shape index (κ2) is 5.16. The Balaban J connectivity index is 2.11. The largest absolute Gasteiger partial charge is 0.269 e. The Labute approximate surface area is 108 Å². The SMILES string of the molecule is O=[N+]([O-])c1cccc(CNS(=O)(=O)c2ccn[nH]2)c1. The summed E-state index contributed by atoms with van der Waals surface area (Å²) < 4.78 is 25.9. The minimum Gasteiger partial charge on any atom is -0.266 e. The van der Waals surface area contributed by atoms with Crippen molar-refractivity contribution in [2.24, 2.45) is 0 Å². The molecule has 0 atom stereocenters. The molecule has 2 N–H and O–H groups in total. The molecule has 9 heteroatoms. The zero-order valence-electron chi connectivity index (χ0n) is 9.61. The van der Waals surface area contributed by atoms with E-state index in [1.165, 1.54) is 30.5 Å². The molecule has 0 aliphatic heterocycles. The average molecular weight is 282 g/mol. The van der Waals surface area contributed by atoms with Crippen molar-refractivity contribution in [1.29, 1.82) is 0 Å². The Morgan fingerprint density at radius 2 is 2.16 bits per heavy atom. The van der Waals surface area contributed by atoms with E-state index in [0.717, 1.165) is 0 Å². The Morgan fingerprint density at radius 1 is 1.37 bits per heavy atom. The first-order valence-corrected chi connectivity index (χ1v) is 6.70. The molecule has 1 aromatic carbocycles. The monoisotopic (exact) mass is 282 g/mol. The molecule has 19 heavy (non-hydrogen) atoms. The quantitative estimate of drug-likeness (QED) is 0.621. The van der Waals surface area contributed by atoms with E-state index in [-0.39, 0.29) is 17.3 Å². The van der Waals surface area contributed by atoms with Gasteiger partial charge in [0, 0.05) is 18.7 Å². The van der Waals surface area contributed by atoms with Crippen LogP contribution in [-0.2, 0) is 16.6 Å². The lowest BCUT2D eigenvalue weighted by atomic mass is 10.2. The average Bonchev–Trinajstić information content (AvgIpc) is 2.91. The maximum atomic E-state index is 11.8. The maximum Gasteiger partial charge on any atom is 0.269 e. The highest BCUT2D eigenvalue weighted by Crippen LogP contribution is 2.13. The van der Waals surface area contributed by atoms with Crippen molar-refractivity contribution in [3.05, 3.63) is 52.2 Å². The van der Waals surface area contributed by atoms with Crippen LogP contribution < -0.4 is 4.72 Å². The number of nitrogens with zero attached hydrogens (tertiary/aromatic N) is 2. The summed E-state index contributed by atoms with van der Waals surface area (Å²) in [6.45, 7) is -0.0387. The highest BCUT2D eigenvalue weighted by molar-refractivity contribution is 7.89. The van der Waals surface area contributed by atoms with Crippen LogP contribution in [0.4, 0.5) is 5.69 Å². The van der Waals surface area contributed by atoms with E-state index in [4.69, 9.17) is 0 Å². The van der Waals surface area contributed by atoms with Gasteiger partial charge in [-0.25, -0.2) is 13.1 Å². The molecule has 1 heterocycles. The number of benzene rings is 1. The van der Waals surface area contributed by atoms with Gasteiger partial charge in [0.15, 0.2) is 5.03 Å². The summed E-state index contributed by atoms with van der Waals surface area (Å²) in [4.78, 5) is 10.1. The first-order chi connectivity index (χ1) is 8.99. The van der Waals surface area contributed by atoms with Gasteiger partial charge in [0.05, 0.1) is 11.1 Å². The summed E-state index contributed by atoms with van der Waals surface area (Å²) in [6, 6.07) is 7.07. The predicted octanol–water partition coefficient (Wildman–Crippen LogP) is 0.796. The third kappa shape index (κ3) is 3.14. The van der Waals surface area contributed by atoms with Crippen LogP contribution in [0, 0.1) is 10.1 Å². The molecule has 2 rings (SSSR count). The summed E-state index contributed by atoms with van der Waals surface area (Å²) in [5.74, 6) is 0. The number of aromatic nitrogens is 2. The van der Waals surface area contributed by atoms with Gasteiger partial charge in [0.1, 0.15) is 0 Å². The molecule has 0 aliphatic carbocycles. The van der Waals surface area contributed by atoms with Gasteiger partial charge in [0.2, 0.25) is 0 Å². The van der Waals surface area contributed by atoms with Crippen molar-refractivity contribution in [1.82, 2.24) is 14.9 Å². The third-order valence-electron chi connectivity index (χ3n) is 2.35. The first kappa shape index (κ1) is 13.2. The Morgan fingerprint density at radius 3 is 2.79 bits per heavy atom. The molecule has 2 aromatic rings. The molecule has 8 nitrogen and oxygen atoms in total. The molecule has 1 aromatic heterocycles. The van der Waals surface area contributed by atoms with Crippen LogP contribution in [0.5, 0.6) is 0 Å². The number of hydrogen-bond acceptors (Lipinski definition) is 5. The second-order valence-electron chi connectivity index (χ2n) is 3.67. The van der Waals surface area contributed by atoms with Gasteiger partial charge in [-0.1, -0.05) is 12.1 Å². The van der Waals surface area contributed by atoms with E-state index in [2.05, 4.69) is 14.9 Å². The lowest BCUT2D eigenvalue weighted by molar-refractivity contribution is -0.384. The van der Waals surface area contributed by atoms with Crippen molar-refractivity contribution in [2.75, 3.05) is 0 Å². The normalized spacial score (nSPS) is 11.4. The van der Waals surface area contributed by atoms with E-state index in [0.29, 0.717) is 5.56 Å². The van der Waals surface area contributed by atoms with Crippen LogP contribution in [0.25, 0.3) is 0 Å². The number of aromatic amines is 1. The van der Waals surface area contributed by atoms with E-state index in [9.17, 15) is 18.5 Å². The molecular weight excluding hydrogens is 272 g/mol. The van der Waals surface area contributed by atoms with Crippen LogP contribution in [0.2, 0.25) is 0 Å². The van der Waals surface area contributed by atoms with Crippen LogP contribution in [-0.4, -0.2) is 23.5 Å². The molecule has 0 amide bonds. The van der Waals surface area contributed by atoms with Gasteiger partial charge in [-0.05, 0) is 11.6 Å². The molecule has 0 saturated heterocycles. The Hall–Kier alpha value is -2.26. The molecule has 0 bridgehead atoms. The summed E-state index contributed by atoms with van der Waals surface area (Å²) in [5, 5.41) is 16.4. The highest BCUT2D eigenvalue weighted by atomic mass is 32.2. The minimum atomic E-state index is -3.69. The topological polar surface area (TPSA) is 118 Å². The fraction of sp³-hybridized carbons (Fsp3) is 0.100. The number of sulfonamides is 1. The van der Waals surface area contributed by atoms with Gasteiger partial charge in [-0.15, -0.1) is 0 Å². The van der Waals surface area contributed by atoms with Crippen molar-refractivity contribution in [3.8, 4) is 0 Å². The fourth-order valence-electron chi connectivity index (χ4n) is 1.43. The number of rotatable bonds is 5. The Kier molecular flexibility index (Phi) is 3.58. The predicted molar refractivity (Wildman–Crippen MR) is 65.7 cm³/mol. The minimum absolute atomic E-state index is 0.0387. The number of nitro benzene ring substituents is 1. The van der Waals surface area contributed by atoms with E-state index in [1.54, 1.807) is 6.07 Å². The lowest BCUT2D eigenvalue weighted by Gasteiger charge is -2.04. The zero-order valence-corrected chi connectivity index (χ0v) is 10.4.